The van der Waals surface area contributed by atoms with Gasteiger partial charge in [0, 0.05) is 0 Å². The van der Waals surface area contributed by atoms with Gasteiger partial charge in [-0.05, 0) is 47.9 Å². The second kappa shape index (κ2) is 4.45. The van der Waals surface area contributed by atoms with Crippen LogP contribution in [0.3, 0.4) is 0 Å². The van der Waals surface area contributed by atoms with Gasteiger partial charge in [-0.25, -0.2) is 4.39 Å². The van der Waals surface area contributed by atoms with Gasteiger partial charge in [-0.3, -0.25) is 0 Å². The molecule has 2 aromatic rings. The maximum absolute atomic E-state index is 13.3. The zero-order valence-electron chi connectivity index (χ0n) is 9.70. The Morgan fingerprint density at radius 2 is 1.71 bits per heavy atom. The Hall–Kier alpha value is -2.03. The maximum atomic E-state index is 13.3. The van der Waals surface area contributed by atoms with Gasteiger partial charge in [-0.1, -0.05) is 12.1 Å². The smallest absolute Gasteiger partial charge is 0.165 e. The maximum Gasteiger partial charge on any atom is 0.165 e. The summed E-state index contributed by atoms with van der Waals surface area (Å²) in [6, 6.07) is 9.96. The van der Waals surface area contributed by atoms with Crippen molar-refractivity contribution in [3.05, 3.63) is 47.8 Å². The predicted octanol–water partition coefficient (Wildman–Crippen LogP) is 3.52. The van der Waals surface area contributed by atoms with E-state index in [2.05, 4.69) is 0 Å². The van der Waals surface area contributed by atoms with Crippen LogP contribution >= 0.6 is 0 Å². The highest BCUT2D eigenvalue weighted by Gasteiger charge is 2.06. The monoisotopic (exact) mass is 232 g/mol. The Morgan fingerprint density at radius 1 is 1.06 bits per heavy atom. The molecule has 0 atom stereocenters. The third kappa shape index (κ3) is 2.23. The van der Waals surface area contributed by atoms with Crippen LogP contribution in [0.5, 0.6) is 11.5 Å². The normalized spacial score (nSPS) is 10.3. The third-order valence-corrected chi connectivity index (χ3v) is 2.68. The molecule has 0 heterocycles. The summed E-state index contributed by atoms with van der Waals surface area (Å²) >= 11 is 0. The first-order valence-corrected chi connectivity index (χ1v) is 5.25. The van der Waals surface area contributed by atoms with E-state index in [9.17, 15) is 9.50 Å². The second-order valence-corrected chi connectivity index (χ2v) is 3.85. The number of rotatable bonds is 2. The molecule has 0 saturated heterocycles. The minimum Gasteiger partial charge on any atom is -0.508 e. The van der Waals surface area contributed by atoms with E-state index in [0.29, 0.717) is 0 Å². The molecule has 0 aliphatic carbocycles. The van der Waals surface area contributed by atoms with Crippen molar-refractivity contribution in [1.29, 1.82) is 0 Å². The molecular formula is C14H13FO2. The predicted molar refractivity (Wildman–Crippen MR) is 64.8 cm³/mol. The Bertz CT molecular complexity index is 550. The lowest BCUT2D eigenvalue weighted by molar-refractivity contribution is 0.387. The molecule has 3 heteroatoms. The molecule has 0 spiro atoms. The van der Waals surface area contributed by atoms with Crippen molar-refractivity contribution in [2.24, 2.45) is 0 Å². The molecule has 0 saturated carbocycles. The number of phenolic OH excluding ortho intramolecular Hbond substituents is 1. The number of benzene rings is 2. The minimum atomic E-state index is -0.383. The van der Waals surface area contributed by atoms with Crippen molar-refractivity contribution in [1.82, 2.24) is 0 Å². The van der Waals surface area contributed by atoms with Gasteiger partial charge in [0.05, 0.1) is 7.11 Å². The standard InChI is InChI=1S/C14H13FO2/c1-9-7-10(4-6-13(9)16)11-3-5-12(15)14(8-11)17-2/h3-8,16H,1-2H3. The van der Waals surface area contributed by atoms with Crippen molar-refractivity contribution in [2.75, 3.05) is 7.11 Å². The first-order valence-electron chi connectivity index (χ1n) is 5.25. The van der Waals surface area contributed by atoms with Crippen LogP contribution in [0.4, 0.5) is 4.39 Å². The number of halogens is 1. The van der Waals surface area contributed by atoms with Crippen molar-refractivity contribution in [3.8, 4) is 22.6 Å². The molecule has 2 rings (SSSR count). The van der Waals surface area contributed by atoms with Gasteiger partial charge in [-0.15, -0.1) is 0 Å². The van der Waals surface area contributed by atoms with E-state index >= 15 is 0 Å². The fourth-order valence-corrected chi connectivity index (χ4v) is 1.67. The number of phenols is 1. The second-order valence-electron chi connectivity index (χ2n) is 3.85. The lowest BCUT2D eigenvalue weighted by Gasteiger charge is -2.07. The summed E-state index contributed by atoms with van der Waals surface area (Å²) in [6.45, 7) is 1.82. The quantitative estimate of drug-likeness (QED) is 0.858. The summed E-state index contributed by atoms with van der Waals surface area (Å²) in [4.78, 5) is 0. The Labute approximate surface area is 99.3 Å². The van der Waals surface area contributed by atoms with E-state index in [0.717, 1.165) is 16.7 Å². The Kier molecular flexibility index (Phi) is 3.00. The van der Waals surface area contributed by atoms with E-state index < -0.39 is 0 Å². The summed E-state index contributed by atoms with van der Waals surface area (Å²) in [6.07, 6.45) is 0. The highest BCUT2D eigenvalue weighted by Crippen LogP contribution is 2.29. The molecule has 0 unspecified atom stereocenters. The van der Waals surface area contributed by atoms with Crippen molar-refractivity contribution in [2.45, 2.75) is 6.92 Å². The molecule has 0 fully saturated rings. The van der Waals surface area contributed by atoms with Gasteiger partial charge in [0.2, 0.25) is 0 Å². The summed E-state index contributed by atoms with van der Waals surface area (Å²) in [5.74, 6) is 0.0859. The van der Waals surface area contributed by atoms with Gasteiger partial charge < -0.3 is 9.84 Å². The number of aryl methyl sites for hydroxylation is 1. The fraction of sp³-hybridized carbons (Fsp3) is 0.143. The summed E-state index contributed by atoms with van der Waals surface area (Å²) in [7, 11) is 1.43. The highest BCUT2D eigenvalue weighted by atomic mass is 19.1. The molecule has 2 aromatic carbocycles. The van der Waals surface area contributed by atoms with Crippen LogP contribution in [0.15, 0.2) is 36.4 Å². The molecule has 0 bridgehead atoms. The number of hydrogen-bond donors (Lipinski definition) is 1. The van der Waals surface area contributed by atoms with Gasteiger partial charge in [0.15, 0.2) is 11.6 Å². The third-order valence-electron chi connectivity index (χ3n) is 2.68. The van der Waals surface area contributed by atoms with Gasteiger partial charge in [0.1, 0.15) is 5.75 Å². The van der Waals surface area contributed by atoms with E-state index in [-0.39, 0.29) is 17.3 Å². The molecule has 88 valence electrons. The number of aromatic hydroxyl groups is 1. The lowest BCUT2D eigenvalue weighted by atomic mass is 10.0. The van der Waals surface area contributed by atoms with Crippen molar-refractivity contribution < 1.29 is 14.2 Å². The number of ether oxygens (including phenoxy) is 1. The first kappa shape index (κ1) is 11.5. The summed E-state index contributed by atoms with van der Waals surface area (Å²) in [5, 5.41) is 9.45. The minimum absolute atomic E-state index is 0.216. The van der Waals surface area contributed by atoms with Gasteiger partial charge in [-0.2, -0.15) is 0 Å². The van der Waals surface area contributed by atoms with Crippen LogP contribution in [0.25, 0.3) is 11.1 Å². The van der Waals surface area contributed by atoms with E-state index in [1.54, 1.807) is 24.3 Å². The highest BCUT2D eigenvalue weighted by molar-refractivity contribution is 5.67. The molecule has 0 radical (unpaired) electrons. The summed E-state index contributed by atoms with van der Waals surface area (Å²) in [5.41, 5.74) is 2.55. The topological polar surface area (TPSA) is 29.5 Å². The van der Waals surface area contributed by atoms with Gasteiger partial charge >= 0.3 is 0 Å². The number of methoxy groups -OCH3 is 1. The summed E-state index contributed by atoms with van der Waals surface area (Å²) < 4.78 is 18.2. The molecule has 0 aliphatic rings. The number of hydrogen-bond acceptors (Lipinski definition) is 2. The Balaban J connectivity index is 2.49. The van der Waals surface area contributed by atoms with Crippen LogP contribution in [-0.2, 0) is 0 Å². The molecule has 0 aliphatic heterocycles. The molecule has 17 heavy (non-hydrogen) atoms. The van der Waals surface area contributed by atoms with Crippen molar-refractivity contribution in [3.63, 3.8) is 0 Å². The van der Waals surface area contributed by atoms with Crippen LogP contribution in [0.2, 0.25) is 0 Å². The van der Waals surface area contributed by atoms with E-state index in [1.807, 2.05) is 13.0 Å². The molecule has 0 amide bonds. The average molecular weight is 232 g/mol. The lowest BCUT2D eigenvalue weighted by Crippen LogP contribution is -1.89. The largest absolute Gasteiger partial charge is 0.508 e. The molecule has 1 N–H and O–H groups in total. The Morgan fingerprint density at radius 3 is 2.35 bits per heavy atom. The molecule has 2 nitrogen and oxygen atoms in total. The van der Waals surface area contributed by atoms with Crippen LogP contribution in [0.1, 0.15) is 5.56 Å². The van der Waals surface area contributed by atoms with Crippen LogP contribution < -0.4 is 4.74 Å². The average Bonchev–Trinajstić information content (AvgIpc) is 2.33. The zero-order valence-corrected chi connectivity index (χ0v) is 9.70. The zero-order chi connectivity index (χ0) is 12.4. The van der Waals surface area contributed by atoms with E-state index in [1.165, 1.54) is 13.2 Å². The van der Waals surface area contributed by atoms with Crippen molar-refractivity contribution >= 4 is 0 Å². The SMILES string of the molecule is COc1cc(-c2ccc(O)c(C)c2)ccc1F. The van der Waals surface area contributed by atoms with Gasteiger partial charge in [0.25, 0.3) is 0 Å². The van der Waals surface area contributed by atoms with E-state index in [4.69, 9.17) is 4.74 Å². The first-order chi connectivity index (χ1) is 8.11. The molecular weight excluding hydrogens is 219 g/mol. The van der Waals surface area contributed by atoms with Crippen LogP contribution in [0, 0.1) is 12.7 Å². The van der Waals surface area contributed by atoms with Crippen LogP contribution in [-0.4, -0.2) is 12.2 Å². The molecule has 0 aromatic heterocycles. The fourth-order valence-electron chi connectivity index (χ4n) is 1.67.